The number of carbonyl (C=O) groups excluding carboxylic acids is 3. The monoisotopic (exact) mass is 566 g/mol. The van der Waals surface area contributed by atoms with E-state index in [-0.39, 0.29) is 35.7 Å². The number of aromatic nitrogens is 1. The maximum atomic E-state index is 13.3. The summed E-state index contributed by atoms with van der Waals surface area (Å²) in [5, 5.41) is 1.79. The van der Waals surface area contributed by atoms with Crippen LogP contribution in [0.15, 0.2) is 45.6 Å². The first-order valence-corrected chi connectivity index (χ1v) is 13.0. The van der Waals surface area contributed by atoms with Gasteiger partial charge in [-0.1, -0.05) is 29.8 Å². The van der Waals surface area contributed by atoms with Crippen LogP contribution in [0.25, 0.3) is 21.9 Å². The molecule has 0 saturated heterocycles. The Bertz CT molecular complexity index is 1710. The zero-order chi connectivity index (χ0) is 28.6. The molecule has 0 saturated carbocycles. The minimum Gasteiger partial charge on any atom is -0.482 e. The molecule has 0 bridgehead atoms. The molecule has 1 N–H and O–H groups in total. The summed E-state index contributed by atoms with van der Waals surface area (Å²) in [7, 11) is 2.57. The Morgan fingerprint density at radius 3 is 2.65 bits per heavy atom. The van der Waals surface area contributed by atoms with Crippen LogP contribution in [0.4, 0.5) is 0 Å². The molecule has 11 heteroatoms. The highest BCUT2D eigenvalue weighted by molar-refractivity contribution is 6.32. The molecule has 1 aliphatic rings. The molecular formula is C29H27ClN2O8. The van der Waals surface area contributed by atoms with Crippen LogP contribution in [0.5, 0.6) is 5.75 Å². The molecule has 2 aromatic carbocycles. The molecule has 1 aliphatic heterocycles. The standard InChI is InChI=1S/C29H27ClN2O8/c1-15-16(8-9-27(34)37-2)28(35)40-24-12-25(20(30)10-18(15)24)39-14-26(33)32-13-22-19(11-23(32)29(36)38-3)17-6-4-5-7-21(17)31-22/h4-7,10,12,23,31H,8-9,11,13-14H2,1-3H3. The lowest BCUT2D eigenvalue weighted by Crippen LogP contribution is -2.50. The molecule has 1 amide bonds. The van der Waals surface area contributed by atoms with E-state index in [1.54, 1.807) is 13.0 Å². The van der Waals surface area contributed by atoms with Crippen LogP contribution in [0.1, 0.15) is 28.8 Å². The second kappa shape index (κ2) is 11.1. The van der Waals surface area contributed by atoms with Crippen LogP contribution < -0.4 is 10.4 Å². The predicted octanol–water partition coefficient (Wildman–Crippen LogP) is 3.85. The molecule has 0 radical (unpaired) electrons. The molecule has 10 nitrogen and oxygen atoms in total. The van der Waals surface area contributed by atoms with E-state index in [1.807, 2.05) is 24.3 Å². The van der Waals surface area contributed by atoms with E-state index in [0.717, 1.165) is 22.2 Å². The SMILES string of the molecule is COC(=O)CCc1c(C)c2cc(Cl)c(OCC(=O)N3Cc4[nH]c5ccccc5c4CC3C(=O)OC)cc2oc1=O. The number of fused-ring (bicyclic) bond motifs is 4. The average Bonchev–Trinajstić information content (AvgIpc) is 3.32. The number of ether oxygens (including phenoxy) is 3. The van der Waals surface area contributed by atoms with E-state index in [9.17, 15) is 19.2 Å². The van der Waals surface area contributed by atoms with Crippen molar-refractivity contribution < 1.29 is 33.0 Å². The molecule has 40 heavy (non-hydrogen) atoms. The molecule has 5 rings (SSSR count). The topological polar surface area (TPSA) is 128 Å². The molecule has 208 valence electrons. The third kappa shape index (κ3) is 5.02. The van der Waals surface area contributed by atoms with E-state index < -0.39 is 36.1 Å². The summed E-state index contributed by atoms with van der Waals surface area (Å²) in [6.45, 7) is 1.52. The normalized spacial score (nSPS) is 14.7. The quantitative estimate of drug-likeness (QED) is 0.264. The van der Waals surface area contributed by atoms with Crippen molar-refractivity contribution in [1.82, 2.24) is 9.88 Å². The molecule has 3 heterocycles. The van der Waals surface area contributed by atoms with Crippen LogP contribution in [0.3, 0.4) is 0 Å². The number of aryl methyl sites for hydroxylation is 1. The van der Waals surface area contributed by atoms with Crippen molar-refractivity contribution in [2.45, 2.75) is 38.8 Å². The number of rotatable bonds is 7. The van der Waals surface area contributed by atoms with Crippen molar-refractivity contribution in [3.8, 4) is 5.75 Å². The van der Waals surface area contributed by atoms with Crippen molar-refractivity contribution in [2.75, 3.05) is 20.8 Å². The fraction of sp³-hybridized carbons (Fsp3) is 0.310. The Kier molecular flexibility index (Phi) is 7.53. The summed E-state index contributed by atoms with van der Waals surface area (Å²) in [6, 6.07) is 9.99. The fourth-order valence-corrected chi connectivity index (χ4v) is 5.38. The lowest BCUT2D eigenvalue weighted by molar-refractivity contribution is -0.154. The van der Waals surface area contributed by atoms with Gasteiger partial charge in [-0.05, 0) is 36.6 Å². The van der Waals surface area contributed by atoms with Gasteiger partial charge in [-0.25, -0.2) is 9.59 Å². The van der Waals surface area contributed by atoms with Crippen molar-refractivity contribution in [2.24, 2.45) is 0 Å². The summed E-state index contributed by atoms with van der Waals surface area (Å²) >= 11 is 6.48. The largest absolute Gasteiger partial charge is 0.482 e. The van der Waals surface area contributed by atoms with Gasteiger partial charge in [0.15, 0.2) is 6.61 Å². The van der Waals surface area contributed by atoms with Gasteiger partial charge in [-0.2, -0.15) is 0 Å². The molecule has 0 fully saturated rings. The average molecular weight is 567 g/mol. The molecule has 0 spiro atoms. The Morgan fingerprint density at radius 2 is 1.90 bits per heavy atom. The van der Waals surface area contributed by atoms with Crippen molar-refractivity contribution in [3.63, 3.8) is 0 Å². The number of benzene rings is 2. The Hall–Kier alpha value is -4.31. The van der Waals surface area contributed by atoms with Gasteiger partial charge in [-0.15, -0.1) is 0 Å². The summed E-state index contributed by atoms with van der Waals surface area (Å²) in [4.78, 5) is 54.9. The van der Waals surface area contributed by atoms with E-state index in [2.05, 4.69) is 9.72 Å². The van der Waals surface area contributed by atoms with Crippen LogP contribution in [-0.4, -0.2) is 54.6 Å². The fourth-order valence-electron chi connectivity index (χ4n) is 5.16. The number of methoxy groups -OCH3 is 2. The lowest BCUT2D eigenvalue weighted by atomic mass is 9.96. The third-order valence-corrected chi connectivity index (χ3v) is 7.59. The molecule has 1 atom stereocenters. The van der Waals surface area contributed by atoms with Crippen LogP contribution in [0.2, 0.25) is 5.02 Å². The lowest BCUT2D eigenvalue weighted by Gasteiger charge is -2.33. The highest BCUT2D eigenvalue weighted by Gasteiger charge is 2.37. The second-order valence-electron chi connectivity index (χ2n) is 9.53. The van der Waals surface area contributed by atoms with Gasteiger partial charge in [-0.3, -0.25) is 9.59 Å². The number of para-hydroxylation sites is 1. The van der Waals surface area contributed by atoms with Gasteiger partial charge >= 0.3 is 17.6 Å². The van der Waals surface area contributed by atoms with Crippen molar-refractivity contribution >= 4 is 51.3 Å². The second-order valence-corrected chi connectivity index (χ2v) is 9.94. The van der Waals surface area contributed by atoms with Crippen LogP contribution in [-0.2, 0) is 43.2 Å². The third-order valence-electron chi connectivity index (χ3n) is 7.30. The number of hydrogen-bond donors (Lipinski definition) is 1. The first-order chi connectivity index (χ1) is 19.2. The van der Waals surface area contributed by atoms with Crippen LogP contribution >= 0.6 is 11.6 Å². The van der Waals surface area contributed by atoms with Gasteiger partial charge in [0, 0.05) is 46.5 Å². The summed E-state index contributed by atoms with van der Waals surface area (Å²) in [5.41, 5.74) is 3.38. The maximum absolute atomic E-state index is 13.3. The number of aromatic amines is 1. The van der Waals surface area contributed by atoms with Gasteiger partial charge in [0.2, 0.25) is 0 Å². The number of nitrogens with zero attached hydrogens (tertiary/aromatic N) is 1. The molecule has 4 aromatic rings. The predicted molar refractivity (Wildman–Crippen MR) is 146 cm³/mol. The molecule has 0 aliphatic carbocycles. The molecule has 1 unspecified atom stereocenters. The summed E-state index contributed by atoms with van der Waals surface area (Å²) in [5.74, 6) is -1.25. The Balaban J connectivity index is 1.37. The Morgan fingerprint density at radius 1 is 1.12 bits per heavy atom. The zero-order valence-corrected chi connectivity index (χ0v) is 22.9. The van der Waals surface area contributed by atoms with E-state index in [1.165, 1.54) is 25.2 Å². The maximum Gasteiger partial charge on any atom is 0.339 e. The number of H-pyrrole nitrogens is 1. The summed E-state index contributed by atoms with van der Waals surface area (Å²) < 4.78 is 20.9. The van der Waals surface area contributed by atoms with Crippen molar-refractivity contribution in [3.05, 3.63) is 74.2 Å². The minimum absolute atomic E-state index is 0.0354. The summed E-state index contributed by atoms with van der Waals surface area (Å²) in [6.07, 6.45) is 0.501. The van der Waals surface area contributed by atoms with Gasteiger partial charge in [0.1, 0.15) is 17.4 Å². The van der Waals surface area contributed by atoms with E-state index >= 15 is 0 Å². The first kappa shape index (κ1) is 27.3. The Labute approximate surface area is 233 Å². The first-order valence-electron chi connectivity index (χ1n) is 12.6. The van der Waals surface area contributed by atoms with E-state index in [4.69, 9.17) is 25.5 Å². The zero-order valence-electron chi connectivity index (χ0n) is 22.2. The van der Waals surface area contributed by atoms with Gasteiger partial charge < -0.3 is 28.5 Å². The number of nitrogens with one attached hydrogen (secondary N) is 1. The number of halogens is 1. The minimum atomic E-state index is -0.816. The van der Waals surface area contributed by atoms with Gasteiger partial charge in [0.05, 0.1) is 25.8 Å². The van der Waals surface area contributed by atoms with Crippen molar-refractivity contribution in [1.29, 1.82) is 0 Å². The number of hydrogen-bond acceptors (Lipinski definition) is 8. The highest BCUT2D eigenvalue weighted by Crippen LogP contribution is 2.33. The number of esters is 2. The van der Waals surface area contributed by atoms with E-state index in [0.29, 0.717) is 22.9 Å². The molecule has 2 aromatic heterocycles. The van der Waals surface area contributed by atoms with Gasteiger partial charge in [0.25, 0.3) is 5.91 Å². The smallest absolute Gasteiger partial charge is 0.339 e. The van der Waals surface area contributed by atoms with Crippen LogP contribution in [0, 0.1) is 6.92 Å². The highest BCUT2D eigenvalue weighted by atomic mass is 35.5. The number of carbonyl (C=O) groups is 3. The number of amides is 1. The molecular weight excluding hydrogens is 540 g/mol.